The predicted molar refractivity (Wildman–Crippen MR) is 103 cm³/mol. The van der Waals surface area contributed by atoms with Crippen molar-refractivity contribution in [3.63, 3.8) is 0 Å². The Labute approximate surface area is 164 Å². The number of hydrogen-bond acceptors (Lipinski definition) is 5. The third-order valence-corrected chi connectivity index (χ3v) is 4.48. The highest BCUT2D eigenvalue weighted by Crippen LogP contribution is 2.35. The summed E-state index contributed by atoms with van der Waals surface area (Å²) in [4.78, 5) is 48.2. The van der Waals surface area contributed by atoms with Gasteiger partial charge in [-0.1, -0.05) is 13.8 Å². The molecule has 0 spiro atoms. The molecule has 0 unspecified atom stereocenters. The van der Waals surface area contributed by atoms with Crippen molar-refractivity contribution in [1.82, 2.24) is 21.3 Å². The summed E-state index contributed by atoms with van der Waals surface area (Å²) in [7, 11) is 0. The molecule has 11 nitrogen and oxygen atoms in total. The molecule has 0 bridgehead atoms. The molecule has 0 radical (unpaired) electrons. The fraction of sp³-hybridized carbons (Fsp3) is 0.706. The Balaban J connectivity index is 2.81. The summed E-state index contributed by atoms with van der Waals surface area (Å²) in [6.45, 7) is 5.16. The van der Waals surface area contributed by atoms with Gasteiger partial charge in [0.15, 0.2) is 5.96 Å². The lowest BCUT2D eigenvalue weighted by Crippen LogP contribution is -2.58. The van der Waals surface area contributed by atoms with Crippen molar-refractivity contribution in [2.24, 2.45) is 17.4 Å². The molecular weight excluding hydrogens is 366 g/mol. The van der Waals surface area contributed by atoms with Crippen LogP contribution in [0.5, 0.6) is 0 Å². The molecular formula is C17H31N7O4. The van der Waals surface area contributed by atoms with Gasteiger partial charge in [0, 0.05) is 13.5 Å². The van der Waals surface area contributed by atoms with Gasteiger partial charge in [-0.3, -0.25) is 24.6 Å². The summed E-state index contributed by atoms with van der Waals surface area (Å²) in [6.07, 6.45) is 1.68. The minimum absolute atomic E-state index is 0.193. The van der Waals surface area contributed by atoms with Gasteiger partial charge in [-0.25, -0.2) is 0 Å². The van der Waals surface area contributed by atoms with Gasteiger partial charge in [-0.05, 0) is 31.6 Å². The lowest BCUT2D eigenvalue weighted by Gasteiger charge is -2.25. The Morgan fingerprint density at radius 1 is 1.11 bits per heavy atom. The van der Waals surface area contributed by atoms with Crippen LogP contribution < -0.4 is 32.7 Å². The summed E-state index contributed by atoms with van der Waals surface area (Å²) in [5, 5.41) is 17.6. The first-order chi connectivity index (χ1) is 13.0. The maximum absolute atomic E-state index is 12.7. The van der Waals surface area contributed by atoms with Crippen molar-refractivity contribution in [2.45, 2.75) is 64.1 Å². The Hall–Kier alpha value is -2.85. The van der Waals surface area contributed by atoms with Gasteiger partial charge in [0.2, 0.25) is 23.6 Å². The Kier molecular flexibility index (Phi) is 8.20. The standard InChI is InChI=1S/C17H31N7O4/c1-9(2)12(13(18)26)23-14(27)11(5-4-8-21-16(19)20)22-15(28)17(6-7-17)24-10(3)25/h9,11-12H,4-8H2,1-3H3,(H2,18,26)(H,22,28)(H,23,27)(H,24,25)(H4,19,20,21)/t11-,12-/m0/s1. The molecule has 11 heteroatoms. The van der Waals surface area contributed by atoms with Crippen LogP contribution in [0.4, 0.5) is 0 Å². The highest BCUT2D eigenvalue weighted by molar-refractivity contribution is 5.97. The van der Waals surface area contributed by atoms with Crippen LogP contribution in [0.2, 0.25) is 0 Å². The first-order valence-corrected chi connectivity index (χ1v) is 9.26. The SMILES string of the molecule is CC(=O)NC1(C(=O)N[C@@H](CCCNC(=N)N)C(=O)N[C@H](C(N)=O)C(C)C)CC1. The average Bonchev–Trinajstić information content (AvgIpc) is 3.34. The predicted octanol–water partition coefficient (Wildman–Crippen LogP) is -1.97. The van der Waals surface area contributed by atoms with Crippen LogP contribution in [0.3, 0.4) is 0 Å². The molecule has 0 aromatic rings. The van der Waals surface area contributed by atoms with Crippen molar-refractivity contribution in [3.8, 4) is 0 Å². The smallest absolute Gasteiger partial charge is 0.246 e. The maximum Gasteiger partial charge on any atom is 0.246 e. The van der Waals surface area contributed by atoms with Gasteiger partial charge in [-0.2, -0.15) is 0 Å². The van der Waals surface area contributed by atoms with Crippen LogP contribution in [0.25, 0.3) is 0 Å². The number of guanidine groups is 1. The third kappa shape index (κ3) is 7.05. The van der Waals surface area contributed by atoms with E-state index in [1.165, 1.54) is 6.92 Å². The van der Waals surface area contributed by atoms with Crippen molar-refractivity contribution in [2.75, 3.05) is 6.54 Å². The maximum atomic E-state index is 12.7. The summed E-state index contributed by atoms with van der Waals surface area (Å²) >= 11 is 0. The zero-order valence-corrected chi connectivity index (χ0v) is 16.6. The van der Waals surface area contributed by atoms with Crippen LogP contribution in [0.15, 0.2) is 0 Å². The molecule has 9 N–H and O–H groups in total. The second kappa shape index (κ2) is 9.90. The number of primary amides is 1. The number of nitrogens with two attached hydrogens (primary N) is 2. The molecule has 0 aromatic carbocycles. The number of hydrogen-bond donors (Lipinski definition) is 7. The second-order valence-corrected chi connectivity index (χ2v) is 7.40. The molecule has 0 aliphatic heterocycles. The molecule has 158 valence electrons. The minimum atomic E-state index is -0.983. The summed E-state index contributed by atoms with van der Waals surface area (Å²) in [5.41, 5.74) is 9.58. The van der Waals surface area contributed by atoms with Crippen molar-refractivity contribution >= 4 is 29.6 Å². The van der Waals surface area contributed by atoms with Gasteiger partial charge in [0.25, 0.3) is 0 Å². The zero-order valence-electron chi connectivity index (χ0n) is 16.6. The van der Waals surface area contributed by atoms with Gasteiger partial charge in [-0.15, -0.1) is 0 Å². The molecule has 1 fully saturated rings. The van der Waals surface area contributed by atoms with Gasteiger partial charge >= 0.3 is 0 Å². The number of amides is 4. The molecule has 4 amide bonds. The van der Waals surface area contributed by atoms with Crippen molar-refractivity contribution in [3.05, 3.63) is 0 Å². The first-order valence-electron chi connectivity index (χ1n) is 9.26. The van der Waals surface area contributed by atoms with Gasteiger partial charge in [0.05, 0.1) is 0 Å². The van der Waals surface area contributed by atoms with E-state index in [1.807, 2.05) is 0 Å². The van der Waals surface area contributed by atoms with E-state index in [9.17, 15) is 19.2 Å². The quantitative estimate of drug-likeness (QED) is 0.120. The van der Waals surface area contributed by atoms with Crippen LogP contribution in [-0.4, -0.2) is 53.8 Å². The van der Waals surface area contributed by atoms with E-state index >= 15 is 0 Å². The molecule has 1 aliphatic rings. The number of carbonyl (C=O) groups excluding carboxylic acids is 4. The Bertz CT molecular complexity index is 631. The van der Waals surface area contributed by atoms with Gasteiger partial charge in [0.1, 0.15) is 17.6 Å². The van der Waals surface area contributed by atoms with Crippen molar-refractivity contribution in [1.29, 1.82) is 5.41 Å². The van der Waals surface area contributed by atoms with E-state index in [2.05, 4.69) is 21.3 Å². The Morgan fingerprint density at radius 3 is 2.14 bits per heavy atom. The minimum Gasteiger partial charge on any atom is -0.370 e. The summed E-state index contributed by atoms with van der Waals surface area (Å²) < 4.78 is 0. The van der Waals surface area contributed by atoms with E-state index < -0.39 is 35.3 Å². The van der Waals surface area contributed by atoms with Crippen LogP contribution in [0, 0.1) is 11.3 Å². The summed E-state index contributed by atoms with van der Waals surface area (Å²) in [5.74, 6) is -2.38. The van der Waals surface area contributed by atoms with Crippen LogP contribution >= 0.6 is 0 Å². The van der Waals surface area contributed by atoms with E-state index in [1.54, 1.807) is 13.8 Å². The van der Waals surface area contributed by atoms with Gasteiger partial charge < -0.3 is 32.7 Å². The number of rotatable bonds is 11. The van der Waals surface area contributed by atoms with E-state index in [0.717, 1.165) is 0 Å². The number of carbonyl (C=O) groups is 4. The molecule has 28 heavy (non-hydrogen) atoms. The molecule has 0 saturated heterocycles. The molecule has 1 rings (SSSR count). The molecule has 0 aromatic heterocycles. The lowest BCUT2D eigenvalue weighted by molar-refractivity contribution is -0.134. The lowest BCUT2D eigenvalue weighted by atomic mass is 10.0. The van der Waals surface area contributed by atoms with E-state index in [-0.39, 0.29) is 24.2 Å². The number of nitrogens with one attached hydrogen (secondary N) is 5. The first kappa shape index (κ1) is 23.2. The van der Waals surface area contributed by atoms with E-state index in [4.69, 9.17) is 16.9 Å². The summed E-state index contributed by atoms with van der Waals surface area (Å²) in [6, 6.07) is -1.79. The zero-order chi connectivity index (χ0) is 21.5. The average molecular weight is 397 g/mol. The fourth-order valence-electron chi connectivity index (χ4n) is 2.79. The molecule has 0 heterocycles. The fourth-order valence-corrected chi connectivity index (χ4v) is 2.79. The van der Waals surface area contributed by atoms with Crippen LogP contribution in [0.1, 0.15) is 46.5 Å². The van der Waals surface area contributed by atoms with Crippen molar-refractivity contribution < 1.29 is 19.2 Å². The second-order valence-electron chi connectivity index (χ2n) is 7.40. The molecule has 2 atom stereocenters. The Morgan fingerprint density at radius 2 is 1.71 bits per heavy atom. The largest absolute Gasteiger partial charge is 0.370 e. The highest BCUT2D eigenvalue weighted by Gasteiger charge is 2.51. The monoisotopic (exact) mass is 397 g/mol. The van der Waals surface area contributed by atoms with Crippen LogP contribution in [-0.2, 0) is 19.2 Å². The normalized spacial score (nSPS) is 16.4. The molecule has 1 saturated carbocycles. The highest BCUT2D eigenvalue weighted by atomic mass is 16.2. The third-order valence-electron chi connectivity index (χ3n) is 4.48. The topological polar surface area (TPSA) is 192 Å². The molecule has 1 aliphatic carbocycles. The van der Waals surface area contributed by atoms with E-state index in [0.29, 0.717) is 25.8 Å².